The van der Waals surface area contributed by atoms with Crippen LogP contribution in [0.2, 0.25) is 0 Å². The molecule has 0 saturated carbocycles. The van der Waals surface area contributed by atoms with Crippen molar-refractivity contribution >= 4 is 23.1 Å². The number of aromatic nitrogens is 2. The molecule has 1 fully saturated rings. The van der Waals surface area contributed by atoms with Crippen molar-refractivity contribution in [2.24, 2.45) is 5.92 Å². The third kappa shape index (κ3) is 7.97. The predicted octanol–water partition coefficient (Wildman–Crippen LogP) is 5.83. The van der Waals surface area contributed by atoms with E-state index in [0.29, 0.717) is 23.9 Å². The number of nitrogens with zero attached hydrogens (tertiary/aromatic N) is 3. The third-order valence-electron chi connectivity index (χ3n) is 8.31. The number of benzene rings is 3. The largest absolute Gasteiger partial charge is 0.485 e. The van der Waals surface area contributed by atoms with E-state index in [1.54, 1.807) is 6.92 Å². The maximum Gasteiger partial charge on any atom is 0.322 e. The molecule has 238 valence electrons. The molecule has 9 heteroatoms. The predicted molar refractivity (Wildman–Crippen MR) is 179 cm³/mol. The Balaban J connectivity index is 1.24. The van der Waals surface area contributed by atoms with Gasteiger partial charge < -0.3 is 25.2 Å². The Morgan fingerprint density at radius 1 is 1.00 bits per heavy atom. The molecule has 0 atom stereocenters. The topological polar surface area (TPSA) is 125 Å². The van der Waals surface area contributed by atoms with E-state index in [0.717, 1.165) is 59.3 Å². The average molecular weight is 621 g/mol. The Morgan fingerprint density at radius 2 is 1.70 bits per heavy atom. The molecule has 0 bridgehead atoms. The molecule has 4 aromatic rings. The molecule has 0 spiro atoms. The van der Waals surface area contributed by atoms with E-state index in [2.05, 4.69) is 52.1 Å². The van der Waals surface area contributed by atoms with E-state index in [4.69, 9.17) is 14.8 Å². The standard InChI is InChI=1S/C37H40N4O5/c1-24(2)32-20-29(9-10-30(32)22-42)28-11-13-31(14-12-28)41-17-15-26(16-18-41)19-33-39-25(3)36(46-23-27-7-5-4-6-8-27)35(40-33)37(45)38-21-34(43)44/h4-14,20,26,42H,1,15-19,21-23H2,2-3H3,(H,38,45)(H,43,44). The zero-order chi connectivity index (χ0) is 32.6. The van der Waals surface area contributed by atoms with Crippen LogP contribution in [0.3, 0.4) is 0 Å². The number of piperidine rings is 1. The van der Waals surface area contributed by atoms with Gasteiger partial charge in [0.05, 0.1) is 12.3 Å². The maximum absolute atomic E-state index is 13.0. The molecule has 1 saturated heterocycles. The lowest BCUT2D eigenvalue weighted by Crippen LogP contribution is -2.34. The molecule has 0 radical (unpaired) electrons. The summed E-state index contributed by atoms with van der Waals surface area (Å²) in [6.07, 6.45) is 2.50. The van der Waals surface area contributed by atoms with Gasteiger partial charge in [0.1, 0.15) is 19.0 Å². The fraction of sp³-hybridized carbons (Fsp3) is 0.297. The van der Waals surface area contributed by atoms with Crippen molar-refractivity contribution in [2.75, 3.05) is 24.5 Å². The number of hydrogen-bond donors (Lipinski definition) is 3. The Labute approximate surface area is 269 Å². The highest BCUT2D eigenvalue weighted by Gasteiger charge is 2.25. The first-order valence-electron chi connectivity index (χ1n) is 15.5. The maximum atomic E-state index is 13.0. The zero-order valence-electron chi connectivity index (χ0n) is 26.3. The van der Waals surface area contributed by atoms with Gasteiger partial charge in [-0.3, -0.25) is 9.59 Å². The highest BCUT2D eigenvalue weighted by Crippen LogP contribution is 2.31. The summed E-state index contributed by atoms with van der Waals surface area (Å²) in [5.74, 6) is -0.591. The highest BCUT2D eigenvalue weighted by molar-refractivity contribution is 5.96. The van der Waals surface area contributed by atoms with Gasteiger partial charge in [0, 0.05) is 25.2 Å². The van der Waals surface area contributed by atoms with Gasteiger partial charge in [-0.15, -0.1) is 0 Å². The molecule has 3 aromatic carbocycles. The van der Waals surface area contributed by atoms with Gasteiger partial charge in [-0.1, -0.05) is 66.7 Å². The quantitative estimate of drug-likeness (QED) is 0.181. The van der Waals surface area contributed by atoms with Gasteiger partial charge in [0.25, 0.3) is 5.91 Å². The molecule has 5 rings (SSSR count). The van der Waals surface area contributed by atoms with Crippen LogP contribution >= 0.6 is 0 Å². The Bertz CT molecular complexity index is 1700. The fourth-order valence-corrected chi connectivity index (χ4v) is 5.82. The molecule has 1 aliphatic heterocycles. The van der Waals surface area contributed by atoms with Crippen LogP contribution in [0, 0.1) is 12.8 Å². The summed E-state index contributed by atoms with van der Waals surface area (Å²) >= 11 is 0. The summed E-state index contributed by atoms with van der Waals surface area (Å²) in [4.78, 5) is 35.8. The molecule has 1 aromatic heterocycles. The number of anilines is 1. The van der Waals surface area contributed by atoms with Crippen molar-refractivity contribution in [3.05, 3.63) is 113 Å². The van der Waals surface area contributed by atoms with Crippen LogP contribution in [-0.4, -0.2) is 51.7 Å². The van der Waals surface area contributed by atoms with Crippen molar-refractivity contribution in [3.8, 4) is 16.9 Å². The number of carbonyl (C=O) groups excluding carboxylic acids is 1. The van der Waals surface area contributed by atoms with Crippen molar-refractivity contribution in [3.63, 3.8) is 0 Å². The lowest BCUT2D eigenvalue weighted by Gasteiger charge is -2.33. The van der Waals surface area contributed by atoms with Gasteiger partial charge in [-0.25, -0.2) is 9.97 Å². The van der Waals surface area contributed by atoms with Crippen molar-refractivity contribution in [1.29, 1.82) is 0 Å². The number of aryl methyl sites for hydroxylation is 1. The summed E-state index contributed by atoms with van der Waals surface area (Å²) in [5, 5.41) is 21.2. The zero-order valence-corrected chi connectivity index (χ0v) is 26.3. The van der Waals surface area contributed by atoms with Crippen LogP contribution in [0.15, 0.2) is 79.4 Å². The summed E-state index contributed by atoms with van der Waals surface area (Å²) in [5.41, 5.74) is 7.67. The second kappa shape index (κ2) is 14.8. The van der Waals surface area contributed by atoms with Gasteiger partial charge in [0.15, 0.2) is 11.4 Å². The number of carboxylic acid groups (broad SMARTS) is 1. The number of carbonyl (C=O) groups is 2. The normalized spacial score (nSPS) is 13.3. The van der Waals surface area contributed by atoms with Crippen molar-refractivity contribution in [1.82, 2.24) is 15.3 Å². The summed E-state index contributed by atoms with van der Waals surface area (Å²) < 4.78 is 6.00. The molecular formula is C37H40N4O5. The summed E-state index contributed by atoms with van der Waals surface area (Å²) in [6, 6.07) is 24.2. The monoisotopic (exact) mass is 620 g/mol. The van der Waals surface area contributed by atoms with Crippen LogP contribution in [0.5, 0.6) is 5.75 Å². The SMILES string of the molecule is C=C(C)c1cc(-c2ccc(N3CCC(Cc4nc(C)c(OCc5ccccc5)c(C(=O)NCC(=O)O)n4)CC3)cc2)ccc1CO. The van der Waals surface area contributed by atoms with Crippen LogP contribution in [0.1, 0.15) is 58.5 Å². The first-order chi connectivity index (χ1) is 22.2. The molecular weight excluding hydrogens is 580 g/mol. The number of hydrogen-bond acceptors (Lipinski definition) is 7. The van der Waals surface area contributed by atoms with Crippen LogP contribution in [-0.2, 0) is 24.4 Å². The van der Waals surface area contributed by atoms with Crippen LogP contribution in [0.25, 0.3) is 16.7 Å². The molecule has 1 amide bonds. The van der Waals surface area contributed by atoms with Crippen molar-refractivity contribution < 1.29 is 24.5 Å². The molecule has 1 aliphatic rings. The fourth-order valence-electron chi connectivity index (χ4n) is 5.82. The first-order valence-corrected chi connectivity index (χ1v) is 15.5. The van der Waals surface area contributed by atoms with E-state index in [9.17, 15) is 14.7 Å². The second-order valence-electron chi connectivity index (χ2n) is 11.7. The lowest BCUT2D eigenvalue weighted by atomic mass is 9.92. The van der Waals surface area contributed by atoms with E-state index in [1.807, 2.05) is 49.4 Å². The number of nitrogens with one attached hydrogen (secondary N) is 1. The minimum Gasteiger partial charge on any atom is -0.485 e. The van der Waals surface area contributed by atoms with Crippen LogP contribution in [0.4, 0.5) is 5.69 Å². The Morgan fingerprint density at radius 3 is 2.35 bits per heavy atom. The third-order valence-corrected chi connectivity index (χ3v) is 8.31. The minimum absolute atomic E-state index is 0.0130. The molecule has 0 unspecified atom stereocenters. The average Bonchev–Trinajstić information content (AvgIpc) is 3.07. The number of carboxylic acids is 1. The van der Waals surface area contributed by atoms with Gasteiger partial charge in [-0.2, -0.15) is 0 Å². The number of ether oxygens (including phenoxy) is 1. The Kier molecular flexibility index (Phi) is 10.4. The lowest BCUT2D eigenvalue weighted by molar-refractivity contribution is -0.135. The van der Waals surface area contributed by atoms with E-state index in [-0.39, 0.29) is 24.7 Å². The first kappa shape index (κ1) is 32.4. The van der Waals surface area contributed by atoms with E-state index in [1.165, 1.54) is 5.69 Å². The van der Waals surface area contributed by atoms with Gasteiger partial charge in [0.2, 0.25) is 0 Å². The van der Waals surface area contributed by atoms with Gasteiger partial charge in [-0.05, 0) is 78.6 Å². The molecule has 3 N–H and O–H groups in total. The smallest absolute Gasteiger partial charge is 0.322 e. The summed E-state index contributed by atoms with van der Waals surface area (Å²) in [7, 11) is 0. The number of aliphatic hydroxyl groups excluding tert-OH is 1. The molecule has 46 heavy (non-hydrogen) atoms. The highest BCUT2D eigenvalue weighted by atomic mass is 16.5. The van der Waals surface area contributed by atoms with Crippen molar-refractivity contribution in [2.45, 2.75) is 46.3 Å². The second-order valence-corrected chi connectivity index (χ2v) is 11.7. The summed E-state index contributed by atoms with van der Waals surface area (Å²) in [6.45, 7) is 9.27. The number of aliphatic carboxylic acids is 1. The molecule has 9 nitrogen and oxygen atoms in total. The number of amides is 1. The van der Waals surface area contributed by atoms with Gasteiger partial charge >= 0.3 is 5.97 Å². The number of rotatable bonds is 12. The minimum atomic E-state index is -1.14. The molecule has 2 heterocycles. The van der Waals surface area contributed by atoms with E-state index < -0.39 is 18.4 Å². The number of allylic oxidation sites excluding steroid dienone is 1. The number of aliphatic hydroxyl groups is 1. The molecule has 0 aliphatic carbocycles. The Hall–Kier alpha value is -5.02. The van der Waals surface area contributed by atoms with E-state index >= 15 is 0 Å². The van der Waals surface area contributed by atoms with Crippen LogP contribution < -0.4 is 15.0 Å².